The predicted octanol–water partition coefficient (Wildman–Crippen LogP) is 0.230. The quantitative estimate of drug-likeness (QED) is 0.764. The maximum Gasteiger partial charge on any atom is 0.252 e. The summed E-state index contributed by atoms with van der Waals surface area (Å²) < 4.78 is 5.03. The van der Waals surface area contributed by atoms with Crippen LogP contribution in [0, 0.1) is 0 Å². The summed E-state index contributed by atoms with van der Waals surface area (Å²) in [4.78, 5) is 34.5. The van der Waals surface area contributed by atoms with E-state index in [0.717, 1.165) is 0 Å². The molecule has 6 nitrogen and oxygen atoms in total. The lowest BCUT2D eigenvalue weighted by atomic mass is 10.1. The minimum absolute atomic E-state index is 0.231. The fourth-order valence-electron chi connectivity index (χ4n) is 1.84. The molecule has 0 aliphatic carbocycles. The highest BCUT2D eigenvalue weighted by atomic mass is 16.5. The van der Waals surface area contributed by atoms with Crippen LogP contribution in [-0.2, 0) is 9.59 Å². The van der Waals surface area contributed by atoms with Gasteiger partial charge in [-0.05, 0) is 24.6 Å². The SMILES string of the molecule is COc1cccc(C(=O)NC2CCC(=O)NC2=O)c1. The fraction of sp³-hybridized carbons (Fsp3) is 0.308. The summed E-state index contributed by atoms with van der Waals surface area (Å²) in [5.41, 5.74) is 0.407. The van der Waals surface area contributed by atoms with Crippen LogP contribution in [0.1, 0.15) is 23.2 Å². The number of carbonyl (C=O) groups excluding carboxylic acids is 3. The molecule has 0 radical (unpaired) electrons. The zero-order valence-corrected chi connectivity index (χ0v) is 10.4. The Balaban J connectivity index is 2.04. The first-order valence-electron chi connectivity index (χ1n) is 5.89. The first-order chi connectivity index (χ1) is 9.10. The number of ether oxygens (including phenoxy) is 1. The standard InChI is InChI=1S/C13H14N2O4/c1-19-9-4-2-3-8(7-9)12(17)14-10-5-6-11(16)15-13(10)18/h2-4,7,10H,5-6H2,1H3,(H,14,17)(H,15,16,18). The molecule has 1 atom stereocenters. The number of rotatable bonds is 3. The van der Waals surface area contributed by atoms with Gasteiger partial charge < -0.3 is 10.1 Å². The van der Waals surface area contributed by atoms with E-state index in [9.17, 15) is 14.4 Å². The van der Waals surface area contributed by atoms with Gasteiger partial charge >= 0.3 is 0 Å². The lowest BCUT2D eigenvalue weighted by Crippen LogP contribution is -2.52. The van der Waals surface area contributed by atoms with Crippen LogP contribution in [0.4, 0.5) is 0 Å². The Kier molecular flexibility index (Phi) is 3.79. The molecule has 6 heteroatoms. The molecule has 1 aromatic rings. The third-order valence-corrected chi connectivity index (χ3v) is 2.88. The van der Waals surface area contributed by atoms with Crippen LogP contribution in [0.5, 0.6) is 5.75 Å². The molecule has 0 spiro atoms. The summed E-state index contributed by atoms with van der Waals surface area (Å²) in [6, 6.07) is 5.96. The summed E-state index contributed by atoms with van der Waals surface area (Å²) in [5, 5.41) is 4.79. The van der Waals surface area contributed by atoms with Gasteiger partial charge in [0.2, 0.25) is 11.8 Å². The normalized spacial score (nSPS) is 18.7. The smallest absolute Gasteiger partial charge is 0.252 e. The highest BCUT2D eigenvalue weighted by Gasteiger charge is 2.28. The highest BCUT2D eigenvalue weighted by Crippen LogP contribution is 2.13. The van der Waals surface area contributed by atoms with E-state index < -0.39 is 11.9 Å². The Bertz CT molecular complexity index is 527. The van der Waals surface area contributed by atoms with E-state index in [1.807, 2.05) is 0 Å². The van der Waals surface area contributed by atoms with E-state index in [4.69, 9.17) is 4.74 Å². The molecule has 19 heavy (non-hydrogen) atoms. The summed E-state index contributed by atoms with van der Waals surface area (Å²) >= 11 is 0. The van der Waals surface area contributed by atoms with Gasteiger partial charge in [0.25, 0.3) is 5.91 Å². The second-order valence-electron chi connectivity index (χ2n) is 4.21. The number of amides is 3. The van der Waals surface area contributed by atoms with Crippen molar-refractivity contribution >= 4 is 17.7 Å². The molecule has 1 aromatic carbocycles. The van der Waals surface area contributed by atoms with Gasteiger partial charge in [0.05, 0.1) is 7.11 Å². The highest BCUT2D eigenvalue weighted by molar-refractivity contribution is 6.03. The number of methoxy groups -OCH3 is 1. The second kappa shape index (κ2) is 5.51. The molecule has 1 aliphatic rings. The molecule has 3 amide bonds. The molecule has 1 saturated heterocycles. The van der Waals surface area contributed by atoms with Gasteiger partial charge in [-0.3, -0.25) is 19.7 Å². The van der Waals surface area contributed by atoms with Crippen LogP contribution in [-0.4, -0.2) is 30.9 Å². The van der Waals surface area contributed by atoms with Gasteiger partial charge in [-0.1, -0.05) is 6.07 Å². The van der Waals surface area contributed by atoms with Gasteiger partial charge in [0, 0.05) is 12.0 Å². The Labute approximate surface area is 110 Å². The van der Waals surface area contributed by atoms with Crippen LogP contribution in [0.25, 0.3) is 0 Å². The molecule has 1 unspecified atom stereocenters. The molecule has 1 fully saturated rings. The number of hydrogen-bond donors (Lipinski definition) is 2. The van der Waals surface area contributed by atoms with Crippen molar-refractivity contribution in [1.82, 2.24) is 10.6 Å². The van der Waals surface area contributed by atoms with E-state index in [1.165, 1.54) is 7.11 Å². The lowest BCUT2D eigenvalue weighted by Gasteiger charge is -2.21. The van der Waals surface area contributed by atoms with Crippen molar-refractivity contribution in [3.05, 3.63) is 29.8 Å². The third-order valence-electron chi connectivity index (χ3n) is 2.88. The minimum atomic E-state index is -0.670. The molecule has 0 aromatic heterocycles. The van der Waals surface area contributed by atoms with Crippen molar-refractivity contribution in [2.45, 2.75) is 18.9 Å². The van der Waals surface area contributed by atoms with Crippen LogP contribution in [0.2, 0.25) is 0 Å². The van der Waals surface area contributed by atoms with Crippen molar-refractivity contribution in [2.24, 2.45) is 0 Å². The van der Waals surface area contributed by atoms with Crippen LogP contribution in [0.15, 0.2) is 24.3 Å². The lowest BCUT2D eigenvalue weighted by molar-refractivity contribution is -0.134. The number of piperidine rings is 1. The summed E-state index contributed by atoms with van der Waals surface area (Å²) in [6.45, 7) is 0. The Hall–Kier alpha value is -2.37. The van der Waals surface area contributed by atoms with Gasteiger partial charge in [-0.25, -0.2) is 0 Å². The van der Waals surface area contributed by atoms with E-state index in [2.05, 4.69) is 10.6 Å². The number of imide groups is 1. The molecule has 2 rings (SSSR count). The Morgan fingerprint density at radius 2 is 2.21 bits per heavy atom. The first kappa shape index (κ1) is 13.1. The maximum absolute atomic E-state index is 12.0. The molecule has 0 bridgehead atoms. The van der Waals surface area contributed by atoms with Gasteiger partial charge in [-0.15, -0.1) is 0 Å². The van der Waals surface area contributed by atoms with Crippen molar-refractivity contribution < 1.29 is 19.1 Å². The fourth-order valence-corrected chi connectivity index (χ4v) is 1.84. The van der Waals surface area contributed by atoms with Gasteiger partial charge in [-0.2, -0.15) is 0 Å². The number of carbonyl (C=O) groups is 3. The zero-order chi connectivity index (χ0) is 13.8. The third kappa shape index (κ3) is 3.09. The zero-order valence-electron chi connectivity index (χ0n) is 10.4. The summed E-state index contributed by atoms with van der Waals surface area (Å²) in [6.07, 6.45) is 0.551. The molecule has 2 N–H and O–H groups in total. The monoisotopic (exact) mass is 262 g/mol. The van der Waals surface area contributed by atoms with Crippen molar-refractivity contribution in [2.75, 3.05) is 7.11 Å². The van der Waals surface area contributed by atoms with Gasteiger partial charge in [0.1, 0.15) is 11.8 Å². The summed E-state index contributed by atoms with van der Waals surface area (Å²) in [5.74, 6) is -0.575. The van der Waals surface area contributed by atoms with E-state index in [0.29, 0.717) is 17.7 Å². The number of benzene rings is 1. The molecule has 100 valence electrons. The minimum Gasteiger partial charge on any atom is -0.497 e. The summed E-state index contributed by atoms with van der Waals surface area (Å²) in [7, 11) is 1.51. The predicted molar refractivity (Wildman–Crippen MR) is 66.6 cm³/mol. The van der Waals surface area contributed by atoms with E-state index in [1.54, 1.807) is 24.3 Å². The maximum atomic E-state index is 12.0. The van der Waals surface area contributed by atoms with Crippen molar-refractivity contribution in [1.29, 1.82) is 0 Å². The average Bonchev–Trinajstić information content (AvgIpc) is 2.42. The van der Waals surface area contributed by atoms with Gasteiger partial charge in [0.15, 0.2) is 0 Å². The number of nitrogens with one attached hydrogen (secondary N) is 2. The van der Waals surface area contributed by atoms with Crippen LogP contribution in [0.3, 0.4) is 0 Å². The van der Waals surface area contributed by atoms with Crippen molar-refractivity contribution in [3.63, 3.8) is 0 Å². The molecule has 1 heterocycles. The molecule has 1 aliphatic heterocycles. The van der Waals surface area contributed by atoms with Crippen LogP contribution < -0.4 is 15.4 Å². The average molecular weight is 262 g/mol. The Morgan fingerprint density at radius 1 is 1.42 bits per heavy atom. The molecule has 0 saturated carbocycles. The topological polar surface area (TPSA) is 84.5 Å². The first-order valence-corrected chi connectivity index (χ1v) is 5.89. The van der Waals surface area contributed by atoms with Crippen LogP contribution >= 0.6 is 0 Å². The second-order valence-corrected chi connectivity index (χ2v) is 4.21. The molecular formula is C13H14N2O4. The van der Waals surface area contributed by atoms with Crippen molar-refractivity contribution in [3.8, 4) is 5.75 Å². The Morgan fingerprint density at radius 3 is 2.89 bits per heavy atom. The van der Waals surface area contributed by atoms with E-state index >= 15 is 0 Å². The largest absolute Gasteiger partial charge is 0.497 e. The molecular weight excluding hydrogens is 248 g/mol. The van der Waals surface area contributed by atoms with E-state index in [-0.39, 0.29) is 18.2 Å². The number of hydrogen-bond acceptors (Lipinski definition) is 4.